The predicted octanol–water partition coefficient (Wildman–Crippen LogP) is 7.54. The SMILES string of the molecule is CC.CC.Cc1cc(O)cc(Cl)c1.FC(F)(F)C1CCCCC1. The number of halogens is 4. The molecule has 1 aromatic carbocycles. The Morgan fingerprint density at radius 1 is 0.957 bits per heavy atom. The van der Waals surface area contributed by atoms with Crippen molar-refractivity contribution in [1.82, 2.24) is 0 Å². The first kappa shape index (κ1) is 24.4. The molecule has 0 aromatic heterocycles. The van der Waals surface area contributed by atoms with Crippen LogP contribution in [-0.4, -0.2) is 11.3 Å². The highest BCUT2D eigenvalue weighted by molar-refractivity contribution is 6.30. The van der Waals surface area contributed by atoms with Gasteiger partial charge in [0.1, 0.15) is 5.75 Å². The topological polar surface area (TPSA) is 20.2 Å². The Labute approximate surface area is 143 Å². The Hall–Kier alpha value is -0.900. The van der Waals surface area contributed by atoms with E-state index in [0.29, 0.717) is 17.9 Å². The van der Waals surface area contributed by atoms with Gasteiger partial charge in [-0.15, -0.1) is 0 Å². The summed E-state index contributed by atoms with van der Waals surface area (Å²) in [6.07, 6.45) is -0.742. The maximum absolute atomic E-state index is 11.9. The Kier molecular flexibility index (Phi) is 14.3. The Morgan fingerprint density at radius 3 is 1.74 bits per heavy atom. The molecule has 0 amide bonds. The van der Waals surface area contributed by atoms with Gasteiger partial charge in [0, 0.05) is 5.02 Å². The molecule has 1 aromatic rings. The first-order valence-electron chi connectivity index (χ1n) is 8.32. The van der Waals surface area contributed by atoms with E-state index in [1.807, 2.05) is 34.6 Å². The molecule has 0 spiro atoms. The van der Waals surface area contributed by atoms with Crippen molar-refractivity contribution in [3.8, 4) is 5.75 Å². The molecule has 0 saturated heterocycles. The summed E-state index contributed by atoms with van der Waals surface area (Å²) in [5.41, 5.74) is 0.972. The fraction of sp³-hybridized carbons (Fsp3) is 0.667. The number of alkyl halides is 3. The largest absolute Gasteiger partial charge is 0.508 e. The molecule has 0 heterocycles. The third kappa shape index (κ3) is 12.2. The average molecular weight is 355 g/mol. The maximum atomic E-state index is 11.9. The summed E-state index contributed by atoms with van der Waals surface area (Å²) >= 11 is 5.59. The van der Waals surface area contributed by atoms with Crippen LogP contribution in [0.1, 0.15) is 65.4 Å². The minimum absolute atomic E-state index is 0.222. The van der Waals surface area contributed by atoms with E-state index in [0.717, 1.165) is 24.8 Å². The summed E-state index contributed by atoms with van der Waals surface area (Å²) < 4.78 is 35.8. The lowest BCUT2D eigenvalue weighted by Crippen LogP contribution is -2.24. The molecule has 1 N–H and O–H groups in total. The van der Waals surface area contributed by atoms with Gasteiger partial charge in [0.05, 0.1) is 5.92 Å². The van der Waals surface area contributed by atoms with Crippen LogP contribution >= 0.6 is 11.6 Å². The van der Waals surface area contributed by atoms with Gasteiger partial charge in [0.25, 0.3) is 0 Å². The molecule has 0 atom stereocenters. The van der Waals surface area contributed by atoms with Gasteiger partial charge >= 0.3 is 6.18 Å². The van der Waals surface area contributed by atoms with Crippen LogP contribution in [0.15, 0.2) is 18.2 Å². The zero-order chi connectivity index (χ0) is 18.5. The lowest BCUT2D eigenvalue weighted by atomic mass is 9.89. The maximum Gasteiger partial charge on any atom is 0.391 e. The summed E-state index contributed by atoms with van der Waals surface area (Å²) in [5, 5.41) is 9.49. The van der Waals surface area contributed by atoms with E-state index in [-0.39, 0.29) is 5.75 Å². The van der Waals surface area contributed by atoms with Gasteiger partial charge in [-0.1, -0.05) is 58.6 Å². The van der Waals surface area contributed by atoms with E-state index in [1.54, 1.807) is 12.1 Å². The minimum atomic E-state index is -3.93. The number of benzene rings is 1. The zero-order valence-electron chi connectivity index (χ0n) is 14.8. The molecule has 0 radical (unpaired) electrons. The van der Waals surface area contributed by atoms with Gasteiger partial charge in [-0.05, 0) is 43.5 Å². The minimum Gasteiger partial charge on any atom is -0.508 e. The second-order valence-corrected chi connectivity index (χ2v) is 5.30. The number of rotatable bonds is 0. The zero-order valence-corrected chi connectivity index (χ0v) is 15.6. The molecule has 1 fully saturated rings. The van der Waals surface area contributed by atoms with Crippen LogP contribution in [0.3, 0.4) is 0 Å². The molecule has 0 bridgehead atoms. The number of hydrogen-bond donors (Lipinski definition) is 1. The van der Waals surface area contributed by atoms with Gasteiger partial charge in [0.15, 0.2) is 0 Å². The van der Waals surface area contributed by atoms with E-state index in [1.165, 1.54) is 6.07 Å². The number of phenols is 1. The molecule has 1 nitrogen and oxygen atoms in total. The molecule has 136 valence electrons. The first-order chi connectivity index (χ1) is 10.8. The van der Waals surface area contributed by atoms with Crippen LogP contribution in [0.25, 0.3) is 0 Å². The van der Waals surface area contributed by atoms with Gasteiger partial charge in [-0.25, -0.2) is 0 Å². The summed E-state index contributed by atoms with van der Waals surface area (Å²) in [4.78, 5) is 0. The van der Waals surface area contributed by atoms with E-state index >= 15 is 0 Å². The van der Waals surface area contributed by atoms with Crippen molar-refractivity contribution in [2.75, 3.05) is 0 Å². The Morgan fingerprint density at radius 2 is 1.43 bits per heavy atom. The van der Waals surface area contributed by atoms with Crippen molar-refractivity contribution in [2.24, 2.45) is 5.92 Å². The van der Waals surface area contributed by atoms with Crippen molar-refractivity contribution in [1.29, 1.82) is 0 Å². The van der Waals surface area contributed by atoms with Crippen molar-refractivity contribution in [3.05, 3.63) is 28.8 Å². The first-order valence-corrected chi connectivity index (χ1v) is 8.69. The molecular formula is C18H30ClF3O. The standard InChI is InChI=1S/C7H7ClO.C7H11F3.2C2H6/c1-5-2-6(8)4-7(9)3-5;8-7(9,10)6-4-2-1-3-5-6;2*1-2/h2-4,9H,1H3;6H,1-5H2;2*1-2H3. The van der Waals surface area contributed by atoms with Crippen LogP contribution in [0.2, 0.25) is 5.02 Å². The highest BCUT2D eigenvalue weighted by Crippen LogP contribution is 2.37. The molecule has 2 rings (SSSR count). The van der Waals surface area contributed by atoms with Gasteiger partial charge in [-0.3, -0.25) is 0 Å². The smallest absolute Gasteiger partial charge is 0.391 e. The molecule has 1 aliphatic rings. The highest BCUT2D eigenvalue weighted by atomic mass is 35.5. The van der Waals surface area contributed by atoms with E-state index in [4.69, 9.17) is 16.7 Å². The Bertz CT molecular complexity index is 349. The van der Waals surface area contributed by atoms with Crippen molar-refractivity contribution in [3.63, 3.8) is 0 Å². The third-order valence-corrected chi connectivity index (χ3v) is 3.31. The number of aryl methyl sites for hydroxylation is 1. The lowest BCUT2D eigenvalue weighted by molar-refractivity contribution is -0.181. The fourth-order valence-corrected chi connectivity index (χ4v) is 2.43. The van der Waals surface area contributed by atoms with Crippen LogP contribution < -0.4 is 0 Å². The van der Waals surface area contributed by atoms with Gasteiger partial charge < -0.3 is 5.11 Å². The highest BCUT2D eigenvalue weighted by Gasteiger charge is 2.39. The van der Waals surface area contributed by atoms with Crippen molar-refractivity contribution < 1.29 is 18.3 Å². The molecule has 0 unspecified atom stereocenters. The van der Waals surface area contributed by atoms with Crippen molar-refractivity contribution >= 4 is 11.6 Å². The van der Waals surface area contributed by atoms with E-state index < -0.39 is 12.1 Å². The Balaban J connectivity index is 0. The normalized spacial score (nSPS) is 14.3. The van der Waals surface area contributed by atoms with Gasteiger partial charge in [0.2, 0.25) is 0 Å². The second kappa shape index (κ2) is 13.5. The summed E-state index contributed by atoms with van der Waals surface area (Å²) in [5.74, 6) is -0.777. The van der Waals surface area contributed by atoms with Gasteiger partial charge in [-0.2, -0.15) is 13.2 Å². The third-order valence-electron chi connectivity index (χ3n) is 3.09. The average Bonchev–Trinajstić information content (AvgIpc) is 2.50. The predicted molar refractivity (Wildman–Crippen MR) is 93.2 cm³/mol. The summed E-state index contributed by atoms with van der Waals surface area (Å²) in [6, 6.07) is 4.96. The fourth-order valence-electron chi connectivity index (χ4n) is 2.15. The monoisotopic (exact) mass is 354 g/mol. The van der Waals surface area contributed by atoms with Crippen LogP contribution in [0.5, 0.6) is 5.75 Å². The second-order valence-electron chi connectivity index (χ2n) is 4.86. The number of hydrogen-bond acceptors (Lipinski definition) is 1. The number of phenolic OH excluding ortho intramolecular Hbond substituents is 1. The quantitative estimate of drug-likeness (QED) is 0.510. The van der Waals surface area contributed by atoms with Crippen LogP contribution in [-0.2, 0) is 0 Å². The van der Waals surface area contributed by atoms with E-state index in [9.17, 15) is 13.2 Å². The molecule has 5 heteroatoms. The number of aromatic hydroxyl groups is 1. The molecule has 1 aliphatic carbocycles. The van der Waals surface area contributed by atoms with Crippen LogP contribution in [0, 0.1) is 12.8 Å². The molecule has 0 aliphatic heterocycles. The molecule has 23 heavy (non-hydrogen) atoms. The lowest BCUT2D eigenvalue weighted by Gasteiger charge is -2.23. The van der Waals surface area contributed by atoms with Crippen molar-refractivity contribution in [2.45, 2.75) is 72.9 Å². The van der Waals surface area contributed by atoms with E-state index in [2.05, 4.69) is 0 Å². The molecular weight excluding hydrogens is 325 g/mol. The summed E-state index contributed by atoms with van der Waals surface area (Å²) in [7, 11) is 0. The molecule has 1 saturated carbocycles. The summed E-state index contributed by atoms with van der Waals surface area (Å²) in [6.45, 7) is 9.88. The van der Waals surface area contributed by atoms with Crippen LogP contribution in [0.4, 0.5) is 13.2 Å².